The van der Waals surface area contributed by atoms with Crippen molar-refractivity contribution in [3.63, 3.8) is 0 Å². The fraction of sp³-hybridized carbons (Fsp3) is 0.684. The summed E-state index contributed by atoms with van der Waals surface area (Å²) in [5.74, 6) is 0.312. The van der Waals surface area contributed by atoms with E-state index in [9.17, 15) is 9.59 Å². The van der Waals surface area contributed by atoms with Crippen LogP contribution in [0, 0.1) is 23.2 Å². The number of Topliss-reactive ketones (excluding diaryl/α,β-unsaturated/α-hetero) is 1. The van der Waals surface area contributed by atoms with Crippen LogP contribution in [0.2, 0.25) is 0 Å². The van der Waals surface area contributed by atoms with Gasteiger partial charge in [0.15, 0.2) is 5.78 Å². The van der Waals surface area contributed by atoms with Crippen molar-refractivity contribution < 1.29 is 14.3 Å². The van der Waals surface area contributed by atoms with Gasteiger partial charge in [-0.1, -0.05) is 39.3 Å². The number of hydrogen-bond acceptors (Lipinski definition) is 3. The van der Waals surface area contributed by atoms with Crippen LogP contribution in [0.3, 0.4) is 0 Å². The van der Waals surface area contributed by atoms with Gasteiger partial charge in [-0.25, -0.2) is 0 Å². The minimum absolute atomic E-state index is 0.0462. The van der Waals surface area contributed by atoms with Crippen molar-refractivity contribution in [3.8, 4) is 0 Å². The second-order valence-corrected chi connectivity index (χ2v) is 7.87. The van der Waals surface area contributed by atoms with Crippen LogP contribution in [-0.2, 0) is 14.3 Å². The summed E-state index contributed by atoms with van der Waals surface area (Å²) in [4.78, 5) is 24.6. The number of hydrogen-bond donors (Lipinski definition) is 0. The Bertz CT molecular complexity index is 559. The zero-order valence-corrected chi connectivity index (χ0v) is 14.8. The second-order valence-electron chi connectivity index (χ2n) is 7.87. The topological polar surface area (TPSA) is 43.4 Å². The predicted octanol–water partition coefficient (Wildman–Crippen LogP) is 4.08. The van der Waals surface area contributed by atoms with Crippen molar-refractivity contribution in [1.29, 1.82) is 0 Å². The normalized spacial score (nSPS) is 29.8. The van der Waals surface area contributed by atoms with E-state index in [0.29, 0.717) is 6.42 Å². The summed E-state index contributed by atoms with van der Waals surface area (Å²) in [6.07, 6.45) is 2.11. The number of ether oxygens (including phenoxy) is 1. The Morgan fingerprint density at radius 3 is 2.36 bits per heavy atom. The first-order valence-electron chi connectivity index (χ1n) is 8.16. The third kappa shape index (κ3) is 2.90. The molecular formula is C19H28O3. The van der Waals surface area contributed by atoms with Crippen LogP contribution in [0.15, 0.2) is 22.8 Å². The van der Waals surface area contributed by atoms with Gasteiger partial charge >= 0.3 is 5.97 Å². The minimum atomic E-state index is -0.360. The standard InChI is InChI=1S/C19H28O3/c1-10(2)8-13-17(19(13,6)7)18(21)22-15-9-14(20)16(11(3)4)12(15)5/h8,11,13,15,17H,9H2,1-7H3. The molecule has 0 spiro atoms. The van der Waals surface area contributed by atoms with Crippen molar-refractivity contribution in [2.24, 2.45) is 23.2 Å². The molecule has 3 heteroatoms. The first kappa shape index (κ1) is 17.0. The predicted molar refractivity (Wildman–Crippen MR) is 87.2 cm³/mol. The molecule has 0 aromatic carbocycles. The highest BCUT2D eigenvalue weighted by atomic mass is 16.5. The Morgan fingerprint density at radius 2 is 1.91 bits per heavy atom. The molecule has 22 heavy (non-hydrogen) atoms. The number of carbonyl (C=O) groups excluding carboxylic acids is 2. The molecule has 3 unspecified atom stereocenters. The molecule has 3 atom stereocenters. The number of allylic oxidation sites excluding steroid dienone is 3. The molecule has 0 aliphatic heterocycles. The van der Waals surface area contributed by atoms with Gasteiger partial charge < -0.3 is 4.74 Å². The fourth-order valence-electron chi connectivity index (χ4n) is 3.74. The van der Waals surface area contributed by atoms with Gasteiger partial charge in [0.2, 0.25) is 0 Å². The molecule has 0 bridgehead atoms. The SMILES string of the molecule is CC(C)=CC1C(C(=O)OC2CC(=O)C(C(C)C)=C2C)C1(C)C. The van der Waals surface area contributed by atoms with E-state index in [0.717, 1.165) is 11.1 Å². The molecule has 2 aliphatic carbocycles. The lowest BCUT2D eigenvalue weighted by molar-refractivity contribution is -0.150. The number of carbonyl (C=O) groups is 2. The van der Waals surface area contributed by atoms with Gasteiger partial charge in [0.25, 0.3) is 0 Å². The Kier molecular flexibility index (Phi) is 4.38. The lowest BCUT2D eigenvalue weighted by Gasteiger charge is -2.14. The van der Waals surface area contributed by atoms with Gasteiger partial charge in [-0.3, -0.25) is 9.59 Å². The number of rotatable bonds is 4. The van der Waals surface area contributed by atoms with E-state index >= 15 is 0 Å². The van der Waals surface area contributed by atoms with Gasteiger partial charge in [0.05, 0.1) is 12.3 Å². The maximum Gasteiger partial charge on any atom is 0.310 e. The van der Waals surface area contributed by atoms with E-state index in [2.05, 4.69) is 19.9 Å². The van der Waals surface area contributed by atoms with E-state index < -0.39 is 0 Å². The van der Waals surface area contributed by atoms with Crippen molar-refractivity contribution >= 4 is 11.8 Å². The molecule has 0 N–H and O–H groups in total. The van der Waals surface area contributed by atoms with Crippen molar-refractivity contribution in [2.45, 2.75) is 61.0 Å². The van der Waals surface area contributed by atoms with Gasteiger partial charge in [-0.2, -0.15) is 0 Å². The van der Waals surface area contributed by atoms with Gasteiger partial charge in [-0.15, -0.1) is 0 Å². The van der Waals surface area contributed by atoms with Crippen molar-refractivity contribution in [3.05, 3.63) is 22.8 Å². The maximum atomic E-state index is 12.5. The van der Waals surface area contributed by atoms with E-state index in [4.69, 9.17) is 4.74 Å². The van der Waals surface area contributed by atoms with Gasteiger partial charge in [0.1, 0.15) is 6.10 Å². The Hall–Kier alpha value is -1.38. The quantitative estimate of drug-likeness (QED) is 0.580. The van der Waals surface area contributed by atoms with Crippen molar-refractivity contribution in [2.75, 3.05) is 0 Å². The molecule has 0 aromatic rings. The lowest BCUT2D eigenvalue weighted by atomic mass is 9.99. The molecule has 0 amide bonds. The number of ketones is 1. The Labute approximate surface area is 133 Å². The molecule has 0 saturated heterocycles. The fourth-order valence-corrected chi connectivity index (χ4v) is 3.74. The third-order valence-corrected chi connectivity index (χ3v) is 5.09. The second kappa shape index (κ2) is 5.68. The number of esters is 1. The van der Waals surface area contributed by atoms with Crippen LogP contribution in [0.5, 0.6) is 0 Å². The summed E-state index contributed by atoms with van der Waals surface area (Å²) in [5, 5.41) is 0. The lowest BCUT2D eigenvalue weighted by Crippen LogP contribution is -2.20. The Balaban J connectivity index is 2.09. The van der Waals surface area contributed by atoms with Crippen LogP contribution >= 0.6 is 0 Å². The van der Waals surface area contributed by atoms with Gasteiger partial charge in [0, 0.05) is 5.57 Å². The van der Waals surface area contributed by atoms with E-state index in [1.165, 1.54) is 5.57 Å². The summed E-state index contributed by atoms with van der Waals surface area (Å²) >= 11 is 0. The van der Waals surface area contributed by atoms with E-state index in [1.54, 1.807) is 0 Å². The highest BCUT2D eigenvalue weighted by Gasteiger charge is 2.61. The summed E-state index contributed by atoms with van der Waals surface area (Å²) in [6.45, 7) is 14.2. The molecule has 0 radical (unpaired) electrons. The van der Waals surface area contributed by atoms with Crippen LogP contribution < -0.4 is 0 Å². The van der Waals surface area contributed by atoms with Crippen LogP contribution in [0.1, 0.15) is 54.9 Å². The van der Waals surface area contributed by atoms with E-state index in [1.807, 2.05) is 34.6 Å². The highest BCUT2D eigenvalue weighted by molar-refractivity contribution is 6.00. The zero-order valence-electron chi connectivity index (χ0n) is 14.8. The first-order valence-corrected chi connectivity index (χ1v) is 8.16. The molecule has 1 saturated carbocycles. The monoisotopic (exact) mass is 304 g/mol. The average Bonchev–Trinajstić information content (AvgIpc) is 2.74. The third-order valence-electron chi connectivity index (χ3n) is 5.09. The average molecular weight is 304 g/mol. The highest BCUT2D eigenvalue weighted by Crippen LogP contribution is 2.60. The molecule has 2 aliphatic rings. The Morgan fingerprint density at radius 1 is 1.32 bits per heavy atom. The molecule has 1 fully saturated rings. The first-order chi connectivity index (χ1) is 10.1. The van der Waals surface area contributed by atoms with E-state index in [-0.39, 0.29) is 41.0 Å². The molecule has 2 rings (SSSR count). The largest absolute Gasteiger partial charge is 0.457 e. The maximum absolute atomic E-state index is 12.5. The summed E-state index contributed by atoms with van der Waals surface area (Å²) in [5.41, 5.74) is 2.96. The summed E-state index contributed by atoms with van der Waals surface area (Å²) in [7, 11) is 0. The smallest absolute Gasteiger partial charge is 0.310 e. The van der Waals surface area contributed by atoms with Gasteiger partial charge in [-0.05, 0) is 43.6 Å². The van der Waals surface area contributed by atoms with Crippen LogP contribution in [0.25, 0.3) is 0 Å². The molecule has 0 heterocycles. The van der Waals surface area contributed by atoms with Crippen LogP contribution in [-0.4, -0.2) is 17.9 Å². The molecule has 0 aromatic heterocycles. The molecule has 3 nitrogen and oxygen atoms in total. The molecule has 122 valence electrons. The zero-order chi connectivity index (χ0) is 16.8. The van der Waals surface area contributed by atoms with Crippen molar-refractivity contribution in [1.82, 2.24) is 0 Å². The molecular weight excluding hydrogens is 276 g/mol. The summed E-state index contributed by atoms with van der Waals surface area (Å²) < 4.78 is 5.70. The summed E-state index contributed by atoms with van der Waals surface area (Å²) in [6, 6.07) is 0. The van der Waals surface area contributed by atoms with Crippen LogP contribution in [0.4, 0.5) is 0 Å². The minimum Gasteiger partial charge on any atom is -0.457 e.